The Kier molecular flexibility index (Phi) is 3.37. The van der Waals surface area contributed by atoms with Gasteiger partial charge in [-0.25, -0.2) is 0 Å². The molecule has 94 valence electrons. The van der Waals surface area contributed by atoms with E-state index in [1.807, 2.05) is 12.1 Å². The molecule has 4 nitrogen and oxygen atoms in total. The molecule has 2 N–H and O–H groups in total. The van der Waals surface area contributed by atoms with Gasteiger partial charge in [0.1, 0.15) is 11.5 Å². The third kappa shape index (κ3) is 2.71. The van der Waals surface area contributed by atoms with Crippen molar-refractivity contribution in [3.05, 3.63) is 58.0 Å². The zero-order valence-corrected chi connectivity index (χ0v) is 10.1. The molecule has 2 rings (SSSR count). The van der Waals surface area contributed by atoms with Crippen molar-refractivity contribution in [3.8, 4) is 11.5 Å². The van der Waals surface area contributed by atoms with E-state index in [4.69, 9.17) is 0 Å². The molecule has 1 aromatic carbocycles. The van der Waals surface area contributed by atoms with E-state index < -0.39 is 0 Å². The summed E-state index contributed by atoms with van der Waals surface area (Å²) in [5.41, 5.74) is 1.58. The molecule has 0 aliphatic rings. The average molecular weight is 245 g/mol. The van der Waals surface area contributed by atoms with Gasteiger partial charge in [-0.3, -0.25) is 4.79 Å². The highest BCUT2D eigenvalue weighted by molar-refractivity contribution is 5.26. The number of hydrogen-bond donors (Lipinski definition) is 2. The summed E-state index contributed by atoms with van der Waals surface area (Å²) in [5.74, 6) is 0.232. The molecule has 0 fully saturated rings. The second kappa shape index (κ2) is 4.96. The number of aryl methyl sites for hydroxylation is 2. The molecule has 0 aliphatic heterocycles. The van der Waals surface area contributed by atoms with E-state index in [0.717, 1.165) is 11.3 Å². The normalized spacial score (nSPS) is 10.5. The lowest BCUT2D eigenvalue weighted by Crippen LogP contribution is -2.22. The lowest BCUT2D eigenvalue weighted by atomic mass is 10.1. The fourth-order valence-electron chi connectivity index (χ4n) is 1.90. The van der Waals surface area contributed by atoms with Gasteiger partial charge >= 0.3 is 0 Å². The molecule has 0 unspecified atom stereocenters. The number of hydrogen-bond acceptors (Lipinski definition) is 3. The molecule has 0 spiro atoms. The second-order valence-electron chi connectivity index (χ2n) is 4.26. The molecular formula is C14H15NO3. The standard InChI is InChI=1S/C14H15NO3/c1-10-8-13(17)9-14(18)15(10)7-6-11-2-4-12(16)5-3-11/h2-5,8-9,16-17H,6-7H2,1H3. The summed E-state index contributed by atoms with van der Waals surface area (Å²) in [4.78, 5) is 11.7. The van der Waals surface area contributed by atoms with Gasteiger partial charge in [-0.2, -0.15) is 0 Å². The third-order valence-corrected chi connectivity index (χ3v) is 2.88. The lowest BCUT2D eigenvalue weighted by Gasteiger charge is -2.10. The van der Waals surface area contributed by atoms with E-state index in [1.165, 1.54) is 6.07 Å². The molecule has 4 heteroatoms. The first-order valence-corrected chi connectivity index (χ1v) is 5.74. The van der Waals surface area contributed by atoms with Crippen LogP contribution in [-0.4, -0.2) is 14.8 Å². The fourth-order valence-corrected chi connectivity index (χ4v) is 1.90. The van der Waals surface area contributed by atoms with E-state index in [2.05, 4.69) is 0 Å². The quantitative estimate of drug-likeness (QED) is 0.866. The highest BCUT2D eigenvalue weighted by atomic mass is 16.3. The van der Waals surface area contributed by atoms with Crippen molar-refractivity contribution in [2.45, 2.75) is 19.9 Å². The minimum atomic E-state index is -0.203. The van der Waals surface area contributed by atoms with Gasteiger partial charge in [0.15, 0.2) is 0 Å². The molecule has 1 aromatic heterocycles. The molecule has 18 heavy (non-hydrogen) atoms. The van der Waals surface area contributed by atoms with E-state index in [0.29, 0.717) is 13.0 Å². The van der Waals surface area contributed by atoms with E-state index in [-0.39, 0.29) is 17.1 Å². The summed E-state index contributed by atoms with van der Waals surface area (Å²) in [6.45, 7) is 2.34. The zero-order chi connectivity index (χ0) is 13.1. The van der Waals surface area contributed by atoms with Crippen LogP contribution in [0, 0.1) is 6.92 Å². The number of rotatable bonds is 3. The Morgan fingerprint density at radius 1 is 1.06 bits per heavy atom. The van der Waals surface area contributed by atoms with Gasteiger partial charge in [-0.15, -0.1) is 0 Å². The smallest absolute Gasteiger partial charge is 0.254 e. The fraction of sp³-hybridized carbons (Fsp3) is 0.214. The van der Waals surface area contributed by atoms with Gasteiger partial charge in [0.2, 0.25) is 0 Å². The van der Waals surface area contributed by atoms with Crippen molar-refractivity contribution in [2.75, 3.05) is 0 Å². The molecule has 0 saturated heterocycles. The Hall–Kier alpha value is -2.23. The first kappa shape index (κ1) is 12.2. The molecule has 2 aromatic rings. The van der Waals surface area contributed by atoms with Gasteiger partial charge in [0, 0.05) is 18.3 Å². The van der Waals surface area contributed by atoms with Crippen molar-refractivity contribution in [3.63, 3.8) is 0 Å². The van der Waals surface area contributed by atoms with Crippen LogP contribution in [0.5, 0.6) is 11.5 Å². The van der Waals surface area contributed by atoms with Crippen LogP contribution in [0.4, 0.5) is 0 Å². The Morgan fingerprint density at radius 2 is 1.72 bits per heavy atom. The SMILES string of the molecule is Cc1cc(O)cc(=O)n1CCc1ccc(O)cc1. The Balaban J connectivity index is 2.16. The lowest BCUT2D eigenvalue weighted by molar-refractivity contribution is 0.468. The van der Waals surface area contributed by atoms with E-state index >= 15 is 0 Å². The number of phenolic OH excluding ortho intramolecular Hbond substituents is 1. The number of phenols is 1. The van der Waals surface area contributed by atoms with Gasteiger partial charge < -0.3 is 14.8 Å². The largest absolute Gasteiger partial charge is 0.508 e. The second-order valence-corrected chi connectivity index (χ2v) is 4.26. The highest BCUT2D eigenvalue weighted by Crippen LogP contribution is 2.12. The minimum absolute atomic E-state index is 0.00150. The molecule has 0 bridgehead atoms. The molecule has 0 aliphatic carbocycles. The summed E-state index contributed by atoms with van der Waals surface area (Å²) in [7, 11) is 0. The van der Waals surface area contributed by atoms with Gasteiger partial charge in [-0.1, -0.05) is 12.1 Å². The molecule has 0 saturated carbocycles. The van der Waals surface area contributed by atoms with E-state index in [1.54, 1.807) is 29.7 Å². The molecule has 0 atom stereocenters. The summed E-state index contributed by atoms with van der Waals surface area (Å²) in [5, 5.41) is 18.5. The number of aromatic hydroxyl groups is 2. The first-order chi connectivity index (χ1) is 8.56. The minimum Gasteiger partial charge on any atom is -0.508 e. The molecular weight excluding hydrogens is 230 g/mol. The van der Waals surface area contributed by atoms with Crippen molar-refractivity contribution in [1.29, 1.82) is 0 Å². The van der Waals surface area contributed by atoms with Crippen LogP contribution in [0.15, 0.2) is 41.2 Å². The molecule has 1 heterocycles. The molecule has 0 amide bonds. The monoisotopic (exact) mass is 245 g/mol. The van der Waals surface area contributed by atoms with Crippen LogP contribution >= 0.6 is 0 Å². The molecule has 0 radical (unpaired) electrons. The number of benzene rings is 1. The van der Waals surface area contributed by atoms with Crippen molar-refractivity contribution in [2.24, 2.45) is 0 Å². The maximum atomic E-state index is 11.7. The third-order valence-electron chi connectivity index (χ3n) is 2.88. The van der Waals surface area contributed by atoms with Gasteiger partial charge in [0.05, 0.1) is 0 Å². The number of aromatic nitrogens is 1. The van der Waals surface area contributed by atoms with Crippen LogP contribution in [0.3, 0.4) is 0 Å². The van der Waals surface area contributed by atoms with Crippen molar-refractivity contribution >= 4 is 0 Å². The summed E-state index contributed by atoms with van der Waals surface area (Å²) < 4.78 is 1.62. The maximum Gasteiger partial charge on any atom is 0.254 e. The van der Waals surface area contributed by atoms with Crippen molar-refractivity contribution in [1.82, 2.24) is 4.57 Å². The van der Waals surface area contributed by atoms with Crippen LogP contribution in [0.1, 0.15) is 11.3 Å². The predicted octanol–water partition coefficient (Wildman–Crippen LogP) is 1.81. The number of nitrogens with zero attached hydrogens (tertiary/aromatic N) is 1. The summed E-state index contributed by atoms with van der Waals surface area (Å²) >= 11 is 0. The van der Waals surface area contributed by atoms with Gasteiger partial charge in [0.25, 0.3) is 5.56 Å². The highest BCUT2D eigenvalue weighted by Gasteiger charge is 2.03. The van der Waals surface area contributed by atoms with Crippen LogP contribution in [-0.2, 0) is 13.0 Å². The summed E-state index contributed by atoms with van der Waals surface area (Å²) in [6.07, 6.45) is 0.700. The van der Waals surface area contributed by atoms with Gasteiger partial charge in [-0.05, 0) is 37.1 Å². The average Bonchev–Trinajstić information content (AvgIpc) is 2.30. The Bertz CT molecular complexity index is 599. The predicted molar refractivity (Wildman–Crippen MR) is 68.9 cm³/mol. The maximum absolute atomic E-state index is 11.7. The van der Waals surface area contributed by atoms with Crippen LogP contribution < -0.4 is 5.56 Å². The zero-order valence-electron chi connectivity index (χ0n) is 10.1. The van der Waals surface area contributed by atoms with Crippen molar-refractivity contribution < 1.29 is 10.2 Å². The summed E-state index contributed by atoms with van der Waals surface area (Å²) in [6, 6.07) is 9.69. The Labute approximate surface area is 105 Å². The van der Waals surface area contributed by atoms with Crippen LogP contribution in [0.2, 0.25) is 0 Å². The topological polar surface area (TPSA) is 62.5 Å². The first-order valence-electron chi connectivity index (χ1n) is 5.74. The Morgan fingerprint density at radius 3 is 2.33 bits per heavy atom. The number of pyridine rings is 1. The van der Waals surface area contributed by atoms with E-state index in [9.17, 15) is 15.0 Å². The van der Waals surface area contributed by atoms with Crippen LogP contribution in [0.25, 0.3) is 0 Å².